The van der Waals surface area contributed by atoms with Crippen LogP contribution in [0.3, 0.4) is 0 Å². The molecule has 0 bridgehead atoms. The van der Waals surface area contributed by atoms with Crippen molar-refractivity contribution < 1.29 is 9.84 Å². The lowest BCUT2D eigenvalue weighted by molar-refractivity contribution is 0.247. The number of hydrogen-bond acceptors (Lipinski definition) is 2. The molecule has 0 heterocycles. The van der Waals surface area contributed by atoms with Crippen molar-refractivity contribution in [3.05, 3.63) is 132 Å². The first-order chi connectivity index (χ1) is 13.3. The highest BCUT2D eigenvalue weighted by molar-refractivity contribution is 5.32. The lowest BCUT2D eigenvalue weighted by Gasteiger charge is -2.20. The molecule has 0 aliphatic rings. The summed E-state index contributed by atoms with van der Waals surface area (Å²) in [5, 5.41) is 8.63. The van der Waals surface area contributed by atoms with Gasteiger partial charge in [0, 0.05) is 0 Å². The molecule has 0 radical (unpaired) electrons. The lowest BCUT2D eigenvalue weighted by Crippen LogP contribution is -2.09. The van der Waals surface area contributed by atoms with Gasteiger partial charge < -0.3 is 9.84 Å². The lowest BCUT2D eigenvalue weighted by atomic mass is 10.0. The Bertz CT molecular complexity index is 852. The maximum absolute atomic E-state index is 8.63. The van der Waals surface area contributed by atoms with Gasteiger partial charge in [0.25, 0.3) is 0 Å². The second-order valence-electron chi connectivity index (χ2n) is 5.97. The van der Waals surface area contributed by atoms with Crippen molar-refractivity contribution in [2.75, 3.05) is 0 Å². The largest absolute Gasteiger partial charge is 0.508 e. The molecular weight excluding hydrogens is 332 g/mol. The van der Waals surface area contributed by atoms with E-state index in [1.807, 2.05) is 72.8 Å². The first kappa shape index (κ1) is 18.3. The average Bonchev–Trinajstić information content (AvgIpc) is 2.75. The van der Waals surface area contributed by atoms with E-state index >= 15 is 0 Å². The third-order valence-electron chi connectivity index (χ3n) is 3.96. The molecule has 0 saturated heterocycles. The average molecular weight is 354 g/mol. The zero-order valence-corrected chi connectivity index (χ0v) is 15.0. The number of benzene rings is 4. The Morgan fingerprint density at radius 3 is 1.22 bits per heavy atom. The number of rotatable bonds is 4. The van der Waals surface area contributed by atoms with E-state index in [2.05, 4.69) is 24.3 Å². The quantitative estimate of drug-likeness (QED) is 0.469. The van der Waals surface area contributed by atoms with Crippen LogP contribution in [0.25, 0.3) is 0 Å². The number of phenolic OH excluding ortho intramolecular Hbond substituents is 1. The van der Waals surface area contributed by atoms with E-state index in [0.29, 0.717) is 5.75 Å². The predicted octanol–water partition coefficient (Wildman–Crippen LogP) is 6.25. The Labute approximate surface area is 160 Å². The summed E-state index contributed by atoms with van der Waals surface area (Å²) in [7, 11) is 0. The van der Waals surface area contributed by atoms with Crippen molar-refractivity contribution in [2.24, 2.45) is 0 Å². The molecule has 0 aromatic heterocycles. The van der Waals surface area contributed by atoms with Gasteiger partial charge in [-0.1, -0.05) is 97.1 Å². The van der Waals surface area contributed by atoms with E-state index in [9.17, 15) is 0 Å². The number of hydrogen-bond donors (Lipinski definition) is 1. The van der Waals surface area contributed by atoms with Crippen LogP contribution in [0.4, 0.5) is 0 Å². The number of para-hydroxylation sites is 2. The van der Waals surface area contributed by atoms with Crippen LogP contribution in [-0.4, -0.2) is 5.11 Å². The molecule has 0 saturated carbocycles. The zero-order valence-electron chi connectivity index (χ0n) is 15.0. The van der Waals surface area contributed by atoms with Gasteiger partial charge in [-0.25, -0.2) is 0 Å². The third-order valence-corrected chi connectivity index (χ3v) is 3.96. The van der Waals surface area contributed by atoms with Crippen molar-refractivity contribution in [3.8, 4) is 11.5 Å². The smallest absolute Gasteiger partial charge is 0.149 e. The van der Waals surface area contributed by atoms with Crippen LogP contribution in [0.5, 0.6) is 11.5 Å². The summed E-state index contributed by atoms with van der Waals surface area (Å²) in [5.41, 5.74) is 2.31. The SMILES string of the molecule is Oc1ccccc1.c1ccc(OC(c2ccccc2)c2ccccc2)cc1. The van der Waals surface area contributed by atoms with E-state index in [0.717, 1.165) is 16.9 Å². The van der Waals surface area contributed by atoms with Gasteiger partial charge >= 0.3 is 0 Å². The summed E-state index contributed by atoms with van der Waals surface area (Å²) >= 11 is 0. The van der Waals surface area contributed by atoms with Crippen LogP contribution < -0.4 is 4.74 Å². The standard InChI is InChI=1S/C19H16O.C6H6O/c1-4-10-16(11-5-1)19(17-12-6-2-7-13-17)20-18-14-8-3-9-15-18;7-6-4-2-1-3-5-6/h1-15,19H;1-5,7H. The van der Waals surface area contributed by atoms with Crippen LogP contribution in [0.2, 0.25) is 0 Å². The van der Waals surface area contributed by atoms with Gasteiger partial charge in [-0.15, -0.1) is 0 Å². The summed E-state index contributed by atoms with van der Waals surface area (Å²) in [6, 6.07) is 39.3. The first-order valence-corrected chi connectivity index (χ1v) is 8.88. The Morgan fingerprint density at radius 2 is 0.852 bits per heavy atom. The van der Waals surface area contributed by atoms with Gasteiger partial charge in [0.05, 0.1) is 0 Å². The van der Waals surface area contributed by atoms with E-state index in [1.54, 1.807) is 24.3 Å². The van der Waals surface area contributed by atoms with E-state index in [1.165, 1.54) is 0 Å². The summed E-state index contributed by atoms with van der Waals surface area (Å²) in [6.07, 6.45) is -0.0835. The van der Waals surface area contributed by atoms with Gasteiger partial charge in [-0.05, 0) is 35.4 Å². The molecule has 4 rings (SSSR count). The molecule has 0 atom stereocenters. The molecule has 4 aromatic carbocycles. The molecule has 1 N–H and O–H groups in total. The number of aromatic hydroxyl groups is 1. The fourth-order valence-corrected chi connectivity index (χ4v) is 2.65. The summed E-state index contributed by atoms with van der Waals surface area (Å²) < 4.78 is 6.19. The van der Waals surface area contributed by atoms with Crippen LogP contribution in [-0.2, 0) is 0 Å². The van der Waals surface area contributed by atoms with Crippen LogP contribution >= 0.6 is 0 Å². The Morgan fingerprint density at radius 1 is 0.481 bits per heavy atom. The Balaban J connectivity index is 0.000000253. The van der Waals surface area contributed by atoms with E-state index in [-0.39, 0.29) is 6.10 Å². The highest BCUT2D eigenvalue weighted by atomic mass is 16.5. The van der Waals surface area contributed by atoms with Gasteiger partial charge in [0.1, 0.15) is 17.6 Å². The van der Waals surface area contributed by atoms with E-state index in [4.69, 9.17) is 9.84 Å². The molecule has 0 fully saturated rings. The normalized spacial score (nSPS) is 9.96. The molecule has 2 heteroatoms. The topological polar surface area (TPSA) is 29.5 Å². The Hall–Kier alpha value is -3.52. The van der Waals surface area contributed by atoms with Crippen LogP contribution in [0, 0.1) is 0 Å². The highest BCUT2D eigenvalue weighted by Crippen LogP contribution is 2.27. The monoisotopic (exact) mass is 354 g/mol. The zero-order chi connectivity index (χ0) is 18.7. The fraction of sp³-hybridized carbons (Fsp3) is 0.0400. The maximum atomic E-state index is 8.63. The summed E-state index contributed by atoms with van der Waals surface area (Å²) in [6.45, 7) is 0. The molecular formula is C25H22O2. The molecule has 0 aliphatic carbocycles. The van der Waals surface area contributed by atoms with Crippen molar-refractivity contribution in [1.82, 2.24) is 0 Å². The van der Waals surface area contributed by atoms with Gasteiger partial charge in [-0.2, -0.15) is 0 Å². The molecule has 0 aliphatic heterocycles. The van der Waals surface area contributed by atoms with Gasteiger partial charge in [0.15, 0.2) is 0 Å². The number of phenols is 1. The van der Waals surface area contributed by atoms with Gasteiger partial charge in [-0.3, -0.25) is 0 Å². The summed E-state index contributed by atoms with van der Waals surface area (Å²) in [4.78, 5) is 0. The fourth-order valence-electron chi connectivity index (χ4n) is 2.65. The molecule has 4 aromatic rings. The van der Waals surface area contributed by atoms with Gasteiger partial charge in [0.2, 0.25) is 0 Å². The predicted molar refractivity (Wildman–Crippen MR) is 110 cm³/mol. The van der Waals surface area contributed by atoms with Crippen molar-refractivity contribution in [1.29, 1.82) is 0 Å². The molecule has 27 heavy (non-hydrogen) atoms. The third kappa shape index (κ3) is 5.75. The number of ether oxygens (including phenoxy) is 1. The van der Waals surface area contributed by atoms with Crippen molar-refractivity contribution in [2.45, 2.75) is 6.10 Å². The maximum Gasteiger partial charge on any atom is 0.149 e. The van der Waals surface area contributed by atoms with Crippen molar-refractivity contribution in [3.63, 3.8) is 0 Å². The highest BCUT2D eigenvalue weighted by Gasteiger charge is 2.15. The summed E-state index contributed by atoms with van der Waals surface area (Å²) in [5.74, 6) is 1.20. The van der Waals surface area contributed by atoms with Crippen LogP contribution in [0.15, 0.2) is 121 Å². The minimum Gasteiger partial charge on any atom is -0.508 e. The molecule has 0 spiro atoms. The van der Waals surface area contributed by atoms with Crippen LogP contribution in [0.1, 0.15) is 17.2 Å². The minimum atomic E-state index is -0.0835. The molecule has 2 nitrogen and oxygen atoms in total. The molecule has 134 valence electrons. The minimum absolute atomic E-state index is 0.0835. The second kappa shape index (κ2) is 9.83. The molecule has 0 amide bonds. The second-order valence-corrected chi connectivity index (χ2v) is 5.97. The molecule has 0 unspecified atom stereocenters. The Kier molecular flexibility index (Phi) is 6.66. The van der Waals surface area contributed by atoms with E-state index < -0.39 is 0 Å². The first-order valence-electron chi connectivity index (χ1n) is 8.88. The van der Waals surface area contributed by atoms with Crippen molar-refractivity contribution >= 4 is 0 Å².